The molecule has 0 radical (unpaired) electrons. The van der Waals surface area contributed by atoms with Crippen LogP contribution in [0.1, 0.15) is 20.3 Å². The number of hydrogen-bond donors (Lipinski definition) is 0. The van der Waals surface area contributed by atoms with Gasteiger partial charge in [0.05, 0.1) is 17.6 Å². The molecule has 14 heavy (non-hydrogen) atoms. The molecule has 2 bridgehead atoms. The Labute approximate surface area is 84.6 Å². The Bertz CT molecular complexity index is 305. The van der Waals surface area contributed by atoms with Gasteiger partial charge in [0.15, 0.2) is 0 Å². The SMILES string of the molecule is C=CC[C@]1(C)C(=O)[C@@H](C)[C@H]2C=C[C@@H]1O2. The Morgan fingerprint density at radius 3 is 3.00 bits per heavy atom. The molecule has 0 aromatic rings. The Morgan fingerprint density at radius 2 is 2.36 bits per heavy atom. The smallest absolute Gasteiger partial charge is 0.147 e. The third kappa shape index (κ3) is 1.10. The molecule has 0 aromatic carbocycles. The second-order valence-corrected chi connectivity index (χ2v) is 4.47. The lowest BCUT2D eigenvalue weighted by Crippen LogP contribution is -2.49. The summed E-state index contributed by atoms with van der Waals surface area (Å²) >= 11 is 0. The van der Waals surface area contributed by atoms with Crippen molar-refractivity contribution in [2.45, 2.75) is 32.5 Å². The molecule has 2 heteroatoms. The Kier molecular flexibility index (Phi) is 2.11. The minimum absolute atomic E-state index is 0.00499. The van der Waals surface area contributed by atoms with Gasteiger partial charge in [-0.1, -0.05) is 25.2 Å². The minimum atomic E-state index is -0.398. The van der Waals surface area contributed by atoms with Crippen molar-refractivity contribution < 1.29 is 9.53 Å². The molecule has 0 amide bonds. The first-order valence-electron chi connectivity index (χ1n) is 5.08. The fourth-order valence-corrected chi connectivity index (χ4v) is 2.44. The molecule has 2 aliphatic rings. The zero-order chi connectivity index (χ0) is 10.3. The Morgan fingerprint density at radius 1 is 1.64 bits per heavy atom. The highest BCUT2D eigenvalue weighted by Gasteiger charge is 2.51. The molecule has 0 aliphatic carbocycles. The molecule has 0 aromatic heterocycles. The summed E-state index contributed by atoms with van der Waals surface area (Å²) in [5.41, 5.74) is -0.398. The number of fused-ring (bicyclic) bond motifs is 2. The summed E-state index contributed by atoms with van der Waals surface area (Å²) in [7, 11) is 0. The molecule has 0 N–H and O–H groups in total. The summed E-state index contributed by atoms with van der Waals surface area (Å²) in [6.07, 6.45) is 6.50. The molecular formula is C12H16O2. The maximum absolute atomic E-state index is 12.1. The van der Waals surface area contributed by atoms with E-state index in [1.807, 2.05) is 26.0 Å². The van der Waals surface area contributed by atoms with Crippen LogP contribution in [0.25, 0.3) is 0 Å². The van der Waals surface area contributed by atoms with Gasteiger partial charge in [-0.05, 0) is 13.3 Å². The van der Waals surface area contributed by atoms with Crippen LogP contribution in [0.5, 0.6) is 0 Å². The zero-order valence-electron chi connectivity index (χ0n) is 8.69. The second kappa shape index (κ2) is 3.06. The van der Waals surface area contributed by atoms with Gasteiger partial charge in [0, 0.05) is 5.92 Å². The molecule has 0 saturated carbocycles. The molecule has 76 valence electrons. The van der Waals surface area contributed by atoms with Crippen molar-refractivity contribution in [2.24, 2.45) is 11.3 Å². The first kappa shape index (κ1) is 9.66. The average molecular weight is 192 g/mol. The summed E-state index contributed by atoms with van der Waals surface area (Å²) in [6, 6.07) is 0. The molecule has 2 nitrogen and oxygen atoms in total. The van der Waals surface area contributed by atoms with Crippen molar-refractivity contribution in [3.05, 3.63) is 24.8 Å². The number of ketones is 1. The summed E-state index contributed by atoms with van der Waals surface area (Å²) in [5.74, 6) is 0.290. The maximum atomic E-state index is 12.1. The molecule has 0 unspecified atom stereocenters. The fraction of sp³-hybridized carbons (Fsp3) is 0.583. The van der Waals surface area contributed by atoms with Gasteiger partial charge in [0.2, 0.25) is 0 Å². The van der Waals surface area contributed by atoms with Gasteiger partial charge in [-0.15, -0.1) is 6.58 Å². The van der Waals surface area contributed by atoms with Gasteiger partial charge in [-0.2, -0.15) is 0 Å². The van der Waals surface area contributed by atoms with Crippen molar-refractivity contribution in [2.75, 3.05) is 0 Å². The standard InChI is InChI=1S/C12H16O2/c1-4-7-12(3)10-6-5-9(14-10)8(2)11(12)13/h4-6,8-10H,1,7H2,2-3H3/t8-,9+,10-,12-/m0/s1. The molecule has 2 rings (SSSR count). The number of ether oxygens (including phenoxy) is 1. The number of hydrogen-bond acceptors (Lipinski definition) is 2. The Hall–Kier alpha value is -0.890. The van der Waals surface area contributed by atoms with Gasteiger partial charge in [-0.25, -0.2) is 0 Å². The summed E-state index contributed by atoms with van der Waals surface area (Å²) in [6.45, 7) is 7.63. The molecule has 2 aliphatic heterocycles. The van der Waals surface area contributed by atoms with Crippen LogP contribution in [0.15, 0.2) is 24.8 Å². The predicted molar refractivity (Wildman–Crippen MR) is 54.9 cm³/mol. The van der Waals surface area contributed by atoms with Crippen LogP contribution in [-0.2, 0) is 9.53 Å². The summed E-state index contributed by atoms with van der Waals surface area (Å²) in [5, 5.41) is 0. The van der Waals surface area contributed by atoms with Gasteiger partial charge in [-0.3, -0.25) is 4.79 Å². The first-order chi connectivity index (χ1) is 6.59. The highest BCUT2D eigenvalue weighted by molar-refractivity contribution is 5.89. The van der Waals surface area contributed by atoms with Gasteiger partial charge in [0.25, 0.3) is 0 Å². The van der Waals surface area contributed by atoms with Crippen molar-refractivity contribution in [3.8, 4) is 0 Å². The fourth-order valence-electron chi connectivity index (χ4n) is 2.44. The summed E-state index contributed by atoms with van der Waals surface area (Å²) < 4.78 is 5.77. The highest BCUT2D eigenvalue weighted by atomic mass is 16.5. The van der Waals surface area contributed by atoms with E-state index in [0.717, 1.165) is 0 Å². The topological polar surface area (TPSA) is 26.3 Å². The van der Waals surface area contributed by atoms with Crippen LogP contribution in [0.2, 0.25) is 0 Å². The second-order valence-electron chi connectivity index (χ2n) is 4.47. The zero-order valence-corrected chi connectivity index (χ0v) is 8.69. The van der Waals surface area contributed by atoms with Crippen LogP contribution in [-0.4, -0.2) is 18.0 Å². The molecule has 2 heterocycles. The number of rotatable bonds is 2. The Balaban J connectivity index is 2.35. The van der Waals surface area contributed by atoms with Crippen molar-refractivity contribution in [1.82, 2.24) is 0 Å². The van der Waals surface area contributed by atoms with E-state index in [0.29, 0.717) is 12.2 Å². The van der Waals surface area contributed by atoms with E-state index in [-0.39, 0.29) is 18.1 Å². The number of allylic oxidation sites excluding steroid dienone is 1. The van der Waals surface area contributed by atoms with E-state index in [2.05, 4.69) is 6.58 Å². The lowest BCUT2D eigenvalue weighted by atomic mass is 9.72. The molecule has 0 spiro atoms. The van der Waals surface area contributed by atoms with Crippen LogP contribution < -0.4 is 0 Å². The number of carbonyl (C=O) groups is 1. The van der Waals surface area contributed by atoms with E-state index >= 15 is 0 Å². The molecular weight excluding hydrogens is 176 g/mol. The highest BCUT2D eigenvalue weighted by Crippen LogP contribution is 2.43. The number of Topliss-reactive ketones (excluding diaryl/α,β-unsaturated/α-hetero) is 1. The van der Waals surface area contributed by atoms with Gasteiger partial charge < -0.3 is 4.74 Å². The van der Waals surface area contributed by atoms with Crippen molar-refractivity contribution in [1.29, 1.82) is 0 Å². The van der Waals surface area contributed by atoms with Crippen LogP contribution in [0, 0.1) is 11.3 Å². The third-order valence-corrected chi connectivity index (χ3v) is 3.44. The average Bonchev–Trinajstić information content (AvgIpc) is 2.61. The normalized spacial score (nSPS) is 45.6. The quantitative estimate of drug-likeness (QED) is 0.626. The largest absolute Gasteiger partial charge is 0.365 e. The van der Waals surface area contributed by atoms with Crippen molar-refractivity contribution in [3.63, 3.8) is 0 Å². The lowest BCUT2D eigenvalue weighted by molar-refractivity contribution is -0.156. The van der Waals surface area contributed by atoms with E-state index in [1.54, 1.807) is 6.08 Å². The van der Waals surface area contributed by atoms with Gasteiger partial charge in [0.1, 0.15) is 5.78 Å². The summed E-state index contributed by atoms with van der Waals surface area (Å²) in [4.78, 5) is 12.1. The van der Waals surface area contributed by atoms with Crippen LogP contribution in [0.4, 0.5) is 0 Å². The van der Waals surface area contributed by atoms with Crippen molar-refractivity contribution >= 4 is 5.78 Å². The van der Waals surface area contributed by atoms with E-state index in [1.165, 1.54) is 0 Å². The van der Waals surface area contributed by atoms with Crippen LogP contribution >= 0.6 is 0 Å². The predicted octanol–water partition coefficient (Wildman–Crippen LogP) is 2.11. The monoisotopic (exact) mass is 192 g/mol. The molecule has 1 saturated heterocycles. The van der Waals surface area contributed by atoms with E-state index in [4.69, 9.17) is 4.74 Å². The third-order valence-electron chi connectivity index (χ3n) is 3.44. The van der Waals surface area contributed by atoms with Crippen LogP contribution in [0.3, 0.4) is 0 Å². The van der Waals surface area contributed by atoms with Gasteiger partial charge >= 0.3 is 0 Å². The molecule has 4 atom stereocenters. The first-order valence-corrected chi connectivity index (χ1v) is 5.08. The molecule has 1 fully saturated rings. The van der Waals surface area contributed by atoms with E-state index in [9.17, 15) is 4.79 Å². The number of carbonyl (C=O) groups excluding carboxylic acids is 1. The van der Waals surface area contributed by atoms with E-state index < -0.39 is 5.41 Å². The lowest BCUT2D eigenvalue weighted by Gasteiger charge is -2.40. The minimum Gasteiger partial charge on any atom is -0.365 e. The maximum Gasteiger partial charge on any atom is 0.147 e.